The Morgan fingerprint density at radius 1 is 1.07 bits per heavy atom. The highest BCUT2D eigenvalue weighted by Gasteiger charge is 2.29. The van der Waals surface area contributed by atoms with Crippen LogP contribution in [0.3, 0.4) is 0 Å². The molecule has 1 aliphatic rings. The van der Waals surface area contributed by atoms with E-state index in [1.807, 2.05) is 16.7 Å². The van der Waals surface area contributed by atoms with E-state index >= 15 is 0 Å². The molecule has 1 aromatic carbocycles. The zero-order chi connectivity index (χ0) is 19.8. The number of hydrogen-bond donors (Lipinski definition) is 1. The maximum Gasteiger partial charge on any atom is 0.306 e. The molecule has 1 amide bonds. The summed E-state index contributed by atoms with van der Waals surface area (Å²) in [5.74, 6) is -1.33. The first-order valence-corrected chi connectivity index (χ1v) is 9.65. The summed E-state index contributed by atoms with van der Waals surface area (Å²) >= 11 is 12.3. The zero-order valence-corrected chi connectivity index (χ0v) is 16.3. The number of pyridine rings is 1. The van der Waals surface area contributed by atoms with E-state index in [9.17, 15) is 9.59 Å². The average molecular weight is 418 g/mol. The monoisotopic (exact) mass is 417 g/mol. The Hall–Kier alpha value is -2.57. The van der Waals surface area contributed by atoms with Crippen molar-refractivity contribution in [3.05, 3.63) is 58.5 Å². The molecule has 0 aliphatic carbocycles. The van der Waals surface area contributed by atoms with Crippen molar-refractivity contribution in [2.24, 2.45) is 5.92 Å². The van der Waals surface area contributed by atoms with Gasteiger partial charge in [0.25, 0.3) is 5.91 Å². The van der Waals surface area contributed by atoms with Crippen LogP contribution >= 0.6 is 23.2 Å². The molecule has 3 aromatic rings. The van der Waals surface area contributed by atoms with Gasteiger partial charge in [-0.2, -0.15) is 0 Å². The fourth-order valence-electron chi connectivity index (χ4n) is 3.61. The molecule has 1 fully saturated rings. The van der Waals surface area contributed by atoms with Gasteiger partial charge < -0.3 is 14.6 Å². The molecule has 1 saturated heterocycles. The second-order valence-electron chi connectivity index (χ2n) is 6.79. The summed E-state index contributed by atoms with van der Waals surface area (Å²) in [6, 6.07) is 9.00. The van der Waals surface area contributed by atoms with Crippen LogP contribution in [-0.2, 0) is 4.79 Å². The number of fused-ring (bicyclic) bond motifs is 1. The fraction of sp³-hybridized carbons (Fsp3) is 0.250. The number of benzene rings is 1. The number of piperidine rings is 1. The van der Waals surface area contributed by atoms with Crippen LogP contribution in [0.4, 0.5) is 0 Å². The lowest BCUT2D eigenvalue weighted by atomic mass is 9.96. The molecule has 1 aliphatic heterocycles. The zero-order valence-electron chi connectivity index (χ0n) is 14.8. The lowest BCUT2D eigenvalue weighted by molar-refractivity contribution is -0.143. The predicted octanol–water partition coefficient (Wildman–Crippen LogP) is 4.27. The molecule has 28 heavy (non-hydrogen) atoms. The first-order chi connectivity index (χ1) is 13.5. The lowest BCUT2D eigenvalue weighted by Crippen LogP contribution is -2.40. The summed E-state index contributed by atoms with van der Waals surface area (Å²) in [4.78, 5) is 30.2. The molecule has 2 aromatic heterocycles. The molecule has 0 radical (unpaired) electrons. The minimum absolute atomic E-state index is 0.135. The number of hydrogen-bond acceptors (Lipinski definition) is 3. The number of nitrogens with zero attached hydrogens (tertiary/aromatic N) is 3. The normalized spacial score (nSPS) is 15.1. The van der Waals surface area contributed by atoms with E-state index in [1.54, 1.807) is 35.5 Å². The highest BCUT2D eigenvalue weighted by molar-refractivity contribution is 6.34. The number of carbonyl (C=O) groups excluding carboxylic acids is 1. The molecule has 0 atom stereocenters. The van der Waals surface area contributed by atoms with E-state index < -0.39 is 11.9 Å². The quantitative estimate of drug-likeness (QED) is 0.645. The Labute approximate surface area is 171 Å². The summed E-state index contributed by atoms with van der Waals surface area (Å²) in [5, 5.41) is 10.8. The molecule has 0 saturated carbocycles. The van der Waals surface area contributed by atoms with Crippen LogP contribution in [0.25, 0.3) is 16.6 Å². The van der Waals surface area contributed by atoms with Crippen molar-refractivity contribution in [2.45, 2.75) is 12.8 Å². The molecule has 8 heteroatoms. The summed E-state index contributed by atoms with van der Waals surface area (Å²) in [5.41, 5.74) is 1.98. The number of carbonyl (C=O) groups is 2. The molecule has 144 valence electrons. The first-order valence-electron chi connectivity index (χ1n) is 8.89. The van der Waals surface area contributed by atoms with Crippen molar-refractivity contribution in [3.63, 3.8) is 0 Å². The molecule has 1 N–H and O–H groups in total. The van der Waals surface area contributed by atoms with Crippen LogP contribution < -0.4 is 0 Å². The van der Waals surface area contributed by atoms with E-state index in [1.165, 1.54) is 0 Å². The number of amides is 1. The standard InChI is InChI=1S/C20H17Cl2N3O3/c21-13-1-3-14(4-2-13)25-11-16(15-5-8-23-18(22)17(15)25)19(26)24-9-6-12(7-10-24)20(27)28/h1-5,8,11-12H,6-7,9-10H2,(H,27,28). The smallest absolute Gasteiger partial charge is 0.306 e. The molecule has 0 unspecified atom stereocenters. The van der Waals surface area contributed by atoms with Gasteiger partial charge in [-0.15, -0.1) is 0 Å². The van der Waals surface area contributed by atoms with E-state index in [0.717, 1.165) is 5.69 Å². The van der Waals surface area contributed by atoms with Gasteiger partial charge in [-0.05, 0) is 43.2 Å². The molecular weight excluding hydrogens is 401 g/mol. The fourth-order valence-corrected chi connectivity index (χ4v) is 3.99. The highest BCUT2D eigenvalue weighted by atomic mass is 35.5. The van der Waals surface area contributed by atoms with Gasteiger partial charge in [0, 0.05) is 41.6 Å². The highest BCUT2D eigenvalue weighted by Crippen LogP contribution is 2.31. The summed E-state index contributed by atoms with van der Waals surface area (Å²) in [7, 11) is 0. The first kappa shape index (κ1) is 18.8. The third kappa shape index (κ3) is 3.34. The minimum atomic E-state index is -0.802. The Morgan fingerprint density at radius 2 is 1.75 bits per heavy atom. The molecule has 3 heterocycles. The number of carboxylic acid groups (broad SMARTS) is 1. The van der Waals surface area contributed by atoms with Gasteiger partial charge in [0.05, 0.1) is 17.0 Å². The molecule has 0 spiro atoms. The maximum absolute atomic E-state index is 13.2. The van der Waals surface area contributed by atoms with Gasteiger partial charge in [0.2, 0.25) is 0 Å². The predicted molar refractivity (Wildman–Crippen MR) is 107 cm³/mol. The Morgan fingerprint density at radius 3 is 2.39 bits per heavy atom. The largest absolute Gasteiger partial charge is 0.481 e. The van der Waals surface area contributed by atoms with Gasteiger partial charge in [0.15, 0.2) is 5.15 Å². The number of rotatable bonds is 3. The lowest BCUT2D eigenvalue weighted by Gasteiger charge is -2.30. The SMILES string of the molecule is O=C(O)C1CCN(C(=O)c2cn(-c3ccc(Cl)cc3)c3c(Cl)nccc23)CC1. The molecule has 0 bridgehead atoms. The van der Waals surface area contributed by atoms with Gasteiger partial charge >= 0.3 is 5.97 Å². The minimum Gasteiger partial charge on any atom is -0.481 e. The summed E-state index contributed by atoms with van der Waals surface area (Å²) < 4.78 is 1.83. The Bertz CT molecular complexity index is 1050. The van der Waals surface area contributed by atoms with Crippen LogP contribution in [0.1, 0.15) is 23.2 Å². The van der Waals surface area contributed by atoms with Crippen molar-refractivity contribution >= 4 is 46.0 Å². The summed E-state index contributed by atoms with van der Waals surface area (Å²) in [6.45, 7) is 0.838. The molecule has 4 rings (SSSR count). The van der Waals surface area contributed by atoms with Crippen molar-refractivity contribution in [1.29, 1.82) is 0 Å². The molecular formula is C20H17Cl2N3O3. The number of aliphatic carboxylic acids is 1. The summed E-state index contributed by atoms with van der Waals surface area (Å²) in [6.07, 6.45) is 4.25. The van der Waals surface area contributed by atoms with Crippen LogP contribution in [0, 0.1) is 5.92 Å². The third-order valence-electron chi connectivity index (χ3n) is 5.14. The van der Waals surface area contributed by atoms with Crippen molar-refractivity contribution in [3.8, 4) is 5.69 Å². The van der Waals surface area contributed by atoms with Gasteiger partial charge in [-0.25, -0.2) is 4.98 Å². The number of aromatic nitrogens is 2. The van der Waals surface area contributed by atoms with E-state index in [2.05, 4.69) is 4.98 Å². The Kier molecular flexibility index (Phi) is 5.00. The second-order valence-corrected chi connectivity index (χ2v) is 7.59. The van der Waals surface area contributed by atoms with Gasteiger partial charge in [0.1, 0.15) is 0 Å². The average Bonchev–Trinajstić information content (AvgIpc) is 3.09. The van der Waals surface area contributed by atoms with Gasteiger partial charge in [-0.1, -0.05) is 23.2 Å². The maximum atomic E-state index is 13.2. The van der Waals surface area contributed by atoms with Crippen LogP contribution in [0.5, 0.6) is 0 Å². The number of carboxylic acids is 1. The Balaban J connectivity index is 1.74. The van der Waals surface area contributed by atoms with Crippen LogP contribution in [0.15, 0.2) is 42.7 Å². The molecule has 6 nitrogen and oxygen atoms in total. The topological polar surface area (TPSA) is 75.4 Å². The van der Waals surface area contributed by atoms with Crippen molar-refractivity contribution < 1.29 is 14.7 Å². The van der Waals surface area contributed by atoms with E-state index in [0.29, 0.717) is 52.6 Å². The van der Waals surface area contributed by atoms with Crippen LogP contribution in [0.2, 0.25) is 10.2 Å². The van der Waals surface area contributed by atoms with Crippen LogP contribution in [-0.4, -0.2) is 44.5 Å². The second kappa shape index (κ2) is 7.45. The van der Waals surface area contributed by atoms with Gasteiger partial charge in [-0.3, -0.25) is 9.59 Å². The third-order valence-corrected chi connectivity index (χ3v) is 5.66. The van der Waals surface area contributed by atoms with E-state index in [-0.39, 0.29) is 5.91 Å². The number of halogens is 2. The number of likely N-dealkylation sites (tertiary alicyclic amines) is 1. The van der Waals surface area contributed by atoms with Crippen molar-refractivity contribution in [2.75, 3.05) is 13.1 Å². The van der Waals surface area contributed by atoms with Crippen molar-refractivity contribution in [1.82, 2.24) is 14.5 Å². The van der Waals surface area contributed by atoms with E-state index in [4.69, 9.17) is 28.3 Å².